The monoisotopic (exact) mass is 304 g/mol. The van der Waals surface area contributed by atoms with E-state index in [2.05, 4.69) is 5.32 Å². The van der Waals surface area contributed by atoms with Crippen LogP contribution in [-0.4, -0.2) is 55.2 Å². The van der Waals surface area contributed by atoms with Crippen LogP contribution in [0.15, 0.2) is 0 Å². The first-order valence-electron chi connectivity index (χ1n) is 7.40. The van der Waals surface area contributed by atoms with Crippen molar-refractivity contribution in [3.8, 4) is 0 Å². The summed E-state index contributed by atoms with van der Waals surface area (Å²) in [5, 5.41) is 12.1. The summed E-state index contributed by atoms with van der Waals surface area (Å²) >= 11 is 0. The number of piperidine rings is 1. The molecule has 2 N–H and O–H groups in total. The number of nitrogens with one attached hydrogen (secondary N) is 1. The van der Waals surface area contributed by atoms with Gasteiger partial charge in [-0.3, -0.25) is 4.79 Å². The fourth-order valence-electron chi connectivity index (χ4n) is 2.53. The molecule has 0 unspecified atom stereocenters. The van der Waals surface area contributed by atoms with E-state index < -0.39 is 16.0 Å². The lowest BCUT2D eigenvalue weighted by molar-refractivity contribution is -0.137. The van der Waals surface area contributed by atoms with E-state index in [9.17, 15) is 13.2 Å². The van der Waals surface area contributed by atoms with Crippen LogP contribution in [0.4, 0.5) is 0 Å². The topological polar surface area (TPSA) is 86.7 Å². The summed E-state index contributed by atoms with van der Waals surface area (Å²) in [5.74, 6) is -0.157. The predicted molar refractivity (Wildman–Crippen MR) is 76.0 cm³/mol. The largest absolute Gasteiger partial charge is 0.481 e. The van der Waals surface area contributed by atoms with Crippen LogP contribution in [0, 0.1) is 5.92 Å². The zero-order valence-corrected chi connectivity index (χ0v) is 12.6. The minimum Gasteiger partial charge on any atom is -0.481 e. The Morgan fingerprint density at radius 1 is 1.20 bits per heavy atom. The summed E-state index contributed by atoms with van der Waals surface area (Å²) in [6.45, 7) is 2.17. The van der Waals surface area contributed by atoms with E-state index in [0.29, 0.717) is 19.1 Å². The lowest BCUT2D eigenvalue weighted by Crippen LogP contribution is -2.46. The summed E-state index contributed by atoms with van der Waals surface area (Å²) in [6.07, 6.45) is 4.46. The number of hydrogen-bond donors (Lipinski definition) is 2. The molecule has 0 amide bonds. The highest BCUT2D eigenvalue weighted by molar-refractivity contribution is 7.89. The molecule has 0 bridgehead atoms. The van der Waals surface area contributed by atoms with Gasteiger partial charge in [-0.25, -0.2) is 12.7 Å². The molecule has 7 heteroatoms. The Morgan fingerprint density at radius 3 is 2.40 bits per heavy atom. The first kappa shape index (κ1) is 15.7. The molecule has 1 saturated heterocycles. The van der Waals surface area contributed by atoms with Crippen molar-refractivity contribution in [2.24, 2.45) is 5.92 Å². The maximum Gasteiger partial charge on any atom is 0.303 e. The van der Waals surface area contributed by atoms with Crippen molar-refractivity contribution in [3.05, 3.63) is 0 Å². The second-order valence-electron chi connectivity index (χ2n) is 5.84. The van der Waals surface area contributed by atoms with Gasteiger partial charge < -0.3 is 10.4 Å². The van der Waals surface area contributed by atoms with Crippen molar-refractivity contribution in [2.45, 2.75) is 44.6 Å². The van der Waals surface area contributed by atoms with Gasteiger partial charge in [0.1, 0.15) is 0 Å². The van der Waals surface area contributed by atoms with Crippen LogP contribution in [0.3, 0.4) is 0 Å². The second kappa shape index (κ2) is 6.87. The summed E-state index contributed by atoms with van der Waals surface area (Å²) in [4.78, 5) is 10.4. The summed E-state index contributed by atoms with van der Waals surface area (Å²) in [6, 6.07) is 0.432. The molecule has 0 atom stereocenters. The van der Waals surface area contributed by atoms with Gasteiger partial charge in [0, 0.05) is 25.6 Å². The predicted octanol–water partition coefficient (Wildman–Crippen LogP) is 0.645. The molecule has 2 aliphatic rings. The second-order valence-corrected chi connectivity index (χ2v) is 7.93. The van der Waals surface area contributed by atoms with Crippen molar-refractivity contribution >= 4 is 16.0 Å². The molecule has 1 heterocycles. The molecule has 6 nitrogen and oxygen atoms in total. The quantitative estimate of drug-likeness (QED) is 0.687. The zero-order valence-electron chi connectivity index (χ0n) is 11.8. The van der Waals surface area contributed by atoms with E-state index in [4.69, 9.17) is 5.11 Å². The Balaban J connectivity index is 1.69. The Hall–Kier alpha value is -0.660. The first-order chi connectivity index (χ1) is 9.47. The highest BCUT2D eigenvalue weighted by Crippen LogP contribution is 2.28. The average molecular weight is 304 g/mol. The van der Waals surface area contributed by atoms with Gasteiger partial charge in [-0.05, 0) is 44.6 Å². The van der Waals surface area contributed by atoms with Gasteiger partial charge in [-0.1, -0.05) is 0 Å². The lowest BCUT2D eigenvalue weighted by atomic mass is 10.1. The van der Waals surface area contributed by atoms with Crippen LogP contribution in [0.2, 0.25) is 0 Å². The van der Waals surface area contributed by atoms with Crippen molar-refractivity contribution < 1.29 is 18.3 Å². The normalized spacial score (nSPS) is 22.0. The standard InChI is InChI=1S/C13H24N2O4S/c16-13(17)2-1-9-20(18,19)15-7-5-12(6-8-15)14-10-11-3-4-11/h11-12,14H,1-10H2,(H,16,17). The molecule has 1 aliphatic heterocycles. The lowest BCUT2D eigenvalue weighted by Gasteiger charge is -2.31. The zero-order chi connectivity index (χ0) is 14.6. The Morgan fingerprint density at radius 2 is 1.85 bits per heavy atom. The number of nitrogens with zero attached hydrogens (tertiary/aromatic N) is 1. The molecule has 2 fully saturated rings. The number of sulfonamides is 1. The van der Waals surface area contributed by atoms with Gasteiger partial charge >= 0.3 is 5.97 Å². The average Bonchev–Trinajstić information content (AvgIpc) is 3.20. The molecule has 0 spiro atoms. The minimum atomic E-state index is -3.28. The molecular formula is C13H24N2O4S. The number of carbonyl (C=O) groups is 1. The fraction of sp³-hybridized carbons (Fsp3) is 0.923. The molecule has 116 valence electrons. The van der Waals surface area contributed by atoms with Gasteiger partial charge in [0.25, 0.3) is 0 Å². The third-order valence-corrected chi connectivity index (χ3v) is 5.99. The van der Waals surface area contributed by atoms with Gasteiger partial charge in [-0.2, -0.15) is 0 Å². The third kappa shape index (κ3) is 5.03. The van der Waals surface area contributed by atoms with E-state index in [1.165, 1.54) is 17.1 Å². The number of rotatable bonds is 8. The Kier molecular flexibility index (Phi) is 5.40. The number of carboxylic acids is 1. The molecule has 2 rings (SSSR count). The summed E-state index contributed by atoms with van der Waals surface area (Å²) < 4.78 is 25.6. The van der Waals surface area contributed by atoms with Gasteiger partial charge in [0.05, 0.1) is 5.75 Å². The van der Waals surface area contributed by atoms with Crippen LogP contribution in [-0.2, 0) is 14.8 Å². The minimum absolute atomic E-state index is 0.0561. The van der Waals surface area contributed by atoms with Crippen LogP contribution in [0.5, 0.6) is 0 Å². The molecule has 0 aromatic rings. The summed E-state index contributed by atoms with van der Waals surface area (Å²) in [7, 11) is -3.28. The number of aliphatic carboxylic acids is 1. The third-order valence-electron chi connectivity index (χ3n) is 4.03. The van der Waals surface area contributed by atoms with Crippen LogP contribution >= 0.6 is 0 Å². The van der Waals surface area contributed by atoms with E-state index in [0.717, 1.165) is 25.3 Å². The van der Waals surface area contributed by atoms with Crippen molar-refractivity contribution in [1.29, 1.82) is 0 Å². The van der Waals surface area contributed by atoms with Crippen LogP contribution < -0.4 is 5.32 Å². The molecule has 0 aromatic carbocycles. The molecule has 1 aliphatic carbocycles. The first-order valence-corrected chi connectivity index (χ1v) is 9.01. The SMILES string of the molecule is O=C(O)CCCS(=O)(=O)N1CCC(NCC2CC2)CC1. The van der Waals surface area contributed by atoms with E-state index in [1.54, 1.807) is 0 Å². The van der Waals surface area contributed by atoms with Gasteiger partial charge in [-0.15, -0.1) is 0 Å². The Bertz CT molecular complexity index is 426. The number of hydrogen-bond acceptors (Lipinski definition) is 4. The number of carboxylic acid groups (broad SMARTS) is 1. The molecule has 1 saturated carbocycles. The van der Waals surface area contributed by atoms with Crippen molar-refractivity contribution in [1.82, 2.24) is 9.62 Å². The van der Waals surface area contributed by atoms with Gasteiger partial charge in [0.15, 0.2) is 0 Å². The van der Waals surface area contributed by atoms with Gasteiger partial charge in [0.2, 0.25) is 10.0 Å². The Labute approximate surface area is 120 Å². The highest BCUT2D eigenvalue weighted by atomic mass is 32.2. The van der Waals surface area contributed by atoms with Crippen molar-refractivity contribution in [2.75, 3.05) is 25.4 Å². The molecule has 0 radical (unpaired) electrons. The maximum atomic E-state index is 12.1. The maximum absolute atomic E-state index is 12.1. The van der Waals surface area contributed by atoms with Crippen molar-refractivity contribution in [3.63, 3.8) is 0 Å². The highest BCUT2D eigenvalue weighted by Gasteiger charge is 2.29. The smallest absolute Gasteiger partial charge is 0.303 e. The molecule has 0 aromatic heterocycles. The molecule has 20 heavy (non-hydrogen) atoms. The van der Waals surface area contributed by atoms with E-state index >= 15 is 0 Å². The van der Waals surface area contributed by atoms with Crippen LogP contribution in [0.25, 0.3) is 0 Å². The van der Waals surface area contributed by atoms with Crippen LogP contribution in [0.1, 0.15) is 38.5 Å². The summed E-state index contributed by atoms with van der Waals surface area (Å²) in [5.41, 5.74) is 0. The van der Waals surface area contributed by atoms with E-state index in [1.807, 2.05) is 0 Å². The molecular weight excluding hydrogens is 280 g/mol. The fourth-order valence-corrected chi connectivity index (χ4v) is 4.06. The van der Waals surface area contributed by atoms with E-state index in [-0.39, 0.29) is 18.6 Å².